The minimum Gasteiger partial charge on any atom is -0.205 e. The van der Waals surface area contributed by atoms with Crippen LogP contribution in [0, 0.1) is 67.5 Å². The number of hydrogen-bond acceptors (Lipinski definition) is 0. The number of halogens is 3. The molecule has 0 saturated heterocycles. The molecule has 0 aliphatic heterocycles. The van der Waals surface area contributed by atoms with Crippen LogP contribution in [0.2, 0.25) is 5.02 Å². The van der Waals surface area contributed by atoms with E-state index < -0.39 is 5.92 Å². The molecule has 0 heterocycles. The van der Waals surface area contributed by atoms with E-state index in [9.17, 15) is 8.78 Å². The molecule has 0 atom stereocenters. The topological polar surface area (TPSA) is 0 Å². The zero-order valence-corrected chi connectivity index (χ0v) is 25.9. The van der Waals surface area contributed by atoms with Gasteiger partial charge in [-0.2, -0.15) is 53.6 Å². The molecule has 1 aliphatic carbocycles. The van der Waals surface area contributed by atoms with Gasteiger partial charge >= 0.3 is 0 Å². The molecular formula is C25H31ClCmF2La-2. The molecule has 0 unspecified atom stereocenters. The van der Waals surface area contributed by atoms with Gasteiger partial charge in [0.1, 0.15) is 0 Å². The normalized spacial score (nSPS) is 18.4. The van der Waals surface area contributed by atoms with Gasteiger partial charge in [0.05, 0.1) is 0 Å². The van der Waals surface area contributed by atoms with Gasteiger partial charge in [0.2, 0.25) is 5.92 Å². The molecule has 2 aromatic rings. The third-order valence-corrected chi connectivity index (χ3v) is 5.98. The molecule has 0 bridgehead atoms. The summed E-state index contributed by atoms with van der Waals surface area (Å²) in [7, 11) is 0. The standard InChI is InChI=1S/C23H25ClF2.C2H6.Cm.La/c1-15-4-8-19(9-5-15)20-10-11-21(17(3)12-20)23(25,26)14-18-7-6-16(2)22(24)13-18;1-2;;/h7,10,12-13,15,19H,4-5,8-9,14H2,1-3H3;1-2H3;;/q-2;;;. The molecule has 165 valence electrons. The van der Waals surface area contributed by atoms with Crippen molar-refractivity contribution in [1.82, 2.24) is 0 Å². The Kier molecular flexibility index (Phi) is 12.1. The van der Waals surface area contributed by atoms with Crippen LogP contribution >= 0.6 is 11.6 Å². The maximum atomic E-state index is 14.9. The molecule has 0 nitrogen and oxygen atoms in total. The molecule has 3 rings (SSSR count). The van der Waals surface area contributed by atoms with Crippen LogP contribution in [0.25, 0.3) is 0 Å². The maximum absolute atomic E-state index is 14.9. The van der Waals surface area contributed by atoms with E-state index >= 15 is 0 Å². The van der Waals surface area contributed by atoms with Crippen molar-refractivity contribution in [2.75, 3.05) is 0 Å². The second kappa shape index (κ2) is 12.6. The van der Waals surface area contributed by atoms with E-state index in [0.29, 0.717) is 22.1 Å². The molecule has 30 heavy (non-hydrogen) atoms. The van der Waals surface area contributed by atoms with Gasteiger partial charge in [-0.05, 0) is 12.3 Å². The van der Waals surface area contributed by atoms with E-state index in [1.807, 2.05) is 26.8 Å². The Morgan fingerprint density at radius 2 is 1.63 bits per heavy atom. The predicted octanol–water partition coefficient (Wildman–Crippen LogP) is 8.21. The Hall–Kier alpha value is -1.22. The predicted molar refractivity (Wildman–Crippen MR) is 114 cm³/mol. The van der Waals surface area contributed by atoms with Crippen molar-refractivity contribution in [3.63, 3.8) is 0 Å². The summed E-state index contributed by atoms with van der Waals surface area (Å²) in [6, 6.07) is 12.8. The Labute approximate surface area is 208 Å². The fourth-order valence-corrected chi connectivity index (χ4v) is 4.08. The molecule has 0 spiro atoms. The second-order valence-corrected chi connectivity index (χ2v) is 8.22. The van der Waals surface area contributed by atoms with Gasteiger partial charge in [0.25, 0.3) is 0 Å². The molecule has 1 fully saturated rings. The minimum atomic E-state index is -2.98. The smallest absolute Gasteiger partial charge is 0.205 e. The first-order valence-corrected chi connectivity index (χ1v) is 10.7. The van der Waals surface area contributed by atoms with Gasteiger partial charge in [-0.1, -0.05) is 76.8 Å². The summed E-state index contributed by atoms with van der Waals surface area (Å²) in [6.45, 7) is 9.86. The molecule has 1 radical (unpaired) electrons. The van der Waals surface area contributed by atoms with Crippen LogP contribution in [0.1, 0.15) is 80.2 Å². The van der Waals surface area contributed by atoms with Crippen LogP contribution in [-0.2, 0) is 12.3 Å². The van der Waals surface area contributed by atoms with Crippen molar-refractivity contribution < 1.29 is 44.4 Å². The van der Waals surface area contributed by atoms with Gasteiger partial charge in [-0.25, -0.2) is 8.78 Å². The van der Waals surface area contributed by atoms with Gasteiger partial charge < -0.3 is 0 Å². The van der Waals surface area contributed by atoms with Crippen LogP contribution in [0.4, 0.5) is 8.78 Å². The van der Waals surface area contributed by atoms with Gasteiger partial charge in [-0.3, -0.25) is 0 Å². The molecular weight excluding hydrogens is 760 g/mol. The maximum Gasteiger partial charge on any atom is 0.245 e. The van der Waals surface area contributed by atoms with Crippen molar-refractivity contribution in [3.8, 4) is 0 Å². The third kappa shape index (κ3) is 7.18. The van der Waals surface area contributed by atoms with Crippen molar-refractivity contribution in [1.29, 1.82) is 0 Å². The number of rotatable bonds is 4. The molecule has 2 aromatic carbocycles. The zero-order chi connectivity index (χ0) is 20.9. The summed E-state index contributed by atoms with van der Waals surface area (Å²) in [5.74, 6) is -1.72. The van der Waals surface area contributed by atoms with Crippen LogP contribution in [0.5, 0.6) is 0 Å². The van der Waals surface area contributed by atoms with Crippen molar-refractivity contribution >= 4 is 11.6 Å². The fraction of sp³-hybridized carbons (Fsp3) is 0.520. The molecule has 1 saturated carbocycles. The molecule has 1 aliphatic rings. The van der Waals surface area contributed by atoms with Crippen LogP contribution < -0.4 is 0 Å². The quantitative estimate of drug-likeness (QED) is 0.274. The summed E-state index contributed by atoms with van der Waals surface area (Å²) >= 11 is 6.05. The van der Waals surface area contributed by atoms with E-state index in [2.05, 4.69) is 19.1 Å². The summed E-state index contributed by atoms with van der Waals surface area (Å²) < 4.78 is 29.7. The SMILES string of the molecule is CC.Cc1[c-]cc(CC(F)(F)c2[c-]cc(C3CCC(C)CC3)cc2C)cc1Cl.[Cm].[La]. The van der Waals surface area contributed by atoms with Crippen LogP contribution in [0.15, 0.2) is 24.3 Å². The Morgan fingerprint density at radius 3 is 2.17 bits per heavy atom. The first-order valence-electron chi connectivity index (χ1n) is 10.3. The van der Waals surface area contributed by atoms with Gasteiger partial charge in [-0.15, -0.1) is 16.7 Å². The number of hydrogen-bond donors (Lipinski definition) is 0. The summed E-state index contributed by atoms with van der Waals surface area (Å²) in [4.78, 5) is 0. The Bertz CT molecular complexity index is 787. The van der Waals surface area contributed by atoms with Crippen molar-refractivity contribution in [2.45, 2.75) is 78.6 Å². The van der Waals surface area contributed by atoms with E-state index in [1.54, 1.807) is 25.1 Å². The number of aryl methyl sites for hydroxylation is 2. The van der Waals surface area contributed by atoms with E-state index in [4.69, 9.17) is 11.6 Å². The van der Waals surface area contributed by atoms with E-state index in [0.717, 1.165) is 29.9 Å². The van der Waals surface area contributed by atoms with Crippen molar-refractivity contribution in [3.05, 3.63) is 69.2 Å². The largest absolute Gasteiger partial charge is 0.245 e. The minimum absolute atomic E-state index is 0. The first kappa shape index (κ1) is 28.8. The Balaban J connectivity index is 0.00000204. The summed E-state index contributed by atoms with van der Waals surface area (Å²) in [6.07, 6.45) is 4.32. The molecule has 0 amide bonds. The third-order valence-electron chi connectivity index (χ3n) is 5.58. The monoisotopic (exact) mass is 786 g/mol. The molecule has 5 heteroatoms. The van der Waals surface area contributed by atoms with Gasteiger partial charge in [0.15, 0.2) is 0 Å². The Morgan fingerprint density at radius 1 is 1.03 bits per heavy atom. The van der Waals surface area contributed by atoms with E-state index in [-0.39, 0.29) is 47.6 Å². The zero-order valence-electron chi connectivity index (χ0n) is 18.6. The average Bonchev–Trinajstić information content (AvgIpc) is 2.66. The summed E-state index contributed by atoms with van der Waals surface area (Å²) in [5, 5.41) is 0.473. The van der Waals surface area contributed by atoms with Crippen molar-refractivity contribution in [2.24, 2.45) is 5.92 Å². The number of benzene rings is 2. The fourth-order valence-electron chi connectivity index (χ4n) is 3.89. The van der Waals surface area contributed by atoms with Gasteiger partial charge in [0, 0.05) is 35.6 Å². The van der Waals surface area contributed by atoms with Crippen LogP contribution in [-0.4, -0.2) is 0 Å². The average molecular weight is 791 g/mol. The molecule has 0 N–H and O–H groups in total. The van der Waals surface area contributed by atoms with E-state index in [1.165, 1.54) is 12.8 Å². The first-order chi connectivity index (χ1) is 13.3. The number of alkyl halides is 2. The van der Waals surface area contributed by atoms with Crippen LogP contribution in [0.3, 0.4) is 0 Å². The summed E-state index contributed by atoms with van der Waals surface area (Å²) in [5.41, 5.74) is 3.02. The second-order valence-electron chi connectivity index (χ2n) is 7.81. The molecule has 0 aromatic heterocycles.